The summed E-state index contributed by atoms with van der Waals surface area (Å²) in [6.45, 7) is 2.12. The Morgan fingerprint density at radius 1 is 1.11 bits per heavy atom. The minimum Gasteiger partial charge on any atom is -0.326 e. The number of nitrogens with one attached hydrogen (secondary N) is 2. The van der Waals surface area contributed by atoms with Crippen molar-refractivity contribution in [3.63, 3.8) is 0 Å². The van der Waals surface area contributed by atoms with Gasteiger partial charge in [-0.2, -0.15) is 0 Å². The fourth-order valence-electron chi connectivity index (χ4n) is 6.54. The Balaban J connectivity index is 1.43. The molecule has 1 amide bonds. The van der Waals surface area contributed by atoms with Crippen molar-refractivity contribution in [2.24, 2.45) is 23.2 Å². The van der Waals surface area contributed by atoms with E-state index in [9.17, 15) is 9.59 Å². The third kappa shape index (κ3) is 2.90. The van der Waals surface area contributed by atoms with Crippen LogP contribution in [0.3, 0.4) is 0 Å². The molecule has 1 aromatic carbocycles. The molecule has 4 aliphatic rings. The first-order valence-electron chi connectivity index (χ1n) is 10.5. The van der Waals surface area contributed by atoms with Crippen LogP contribution in [0.15, 0.2) is 29.1 Å². The van der Waals surface area contributed by atoms with Crippen LogP contribution in [0.1, 0.15) is 57.4 Å². The Morgan fingerprint density at radius 2 is 1.78 bits per heavy atom. The maximum Gasteiger partial charge on any atom is 0.248 e. The molecule has 0 atom stereocenters. The topological polar surface area (TPSA) is 62.0 Å². The fourth-order valence-corrected chi connectivity index (χ4v) is 6.54. The van der Waals surface area contributed by atoms with Gasteiger partial charge in [-0.1, -0.05) is 19.4 Å². The molecule has 0 radical (unpaired) electrons. The number of rotatable bonds is 4. The van der Waals surface area contributed by atoms with Gasteiger partial charge in [0.15, 0.2) is 0 Å². The highest BCUT2D eigenvalue weighted by molar-refractivity contribution is 5.97. The van der Waals surface area contributed by atoms with Crippen molar-refractivity contribution < 1.29 is 4.79 Å². The third-order valence-electron chi connectivity index (χ3n) is 7.23. The third-order valence-corrected chi connectivity index (χ3v) is 7.23. The molecule has 4 heteroatoms. The molecule has 1 heterocycles. The molecule has 27 heavy (non-hydrogen) atoms. The molecular formula is C23H28N2O2. The van der Waals surface area contributed by atoms with Crippen molar-refractivity contribution in [1.29, 1.82) is 0 Å². The van der Waals surface area contributed by atoms with Crippen LogP contribution < -0.4 is 10.9 Å². The van der Waals surface area contributed by atoms with Crippen molar-refractivity contribution in [1.82, 2.24) is 4.98 Å². The lowest BCUT2D eigenvalue weighted by atomic mass is 9.49. The Hall–Kier alpha value is -2.10. The van der Waals surface area contributed by atoms with Gasteiger partial charge in [0.1, 0.15) is 0 Å². The van der Waals surface area contributed by atoms with Crippen LogP contribution >= 0.6 is 0 Å². The van der Waals surface area contributed by atoms with Crippen LogP contribution in [0.25, 0.3) is 10.9 Å². The minimum atomic E-state index is -0.152. The van der Waals surface area contributed by atoms with Crippen LogP contribution in [0.5, 0.6) is 0 Å². The van der Waals surface area contributed by atoms with Gasteiger partial charge in [-0.05, 0) is 80.4 Å². The number of hydrogen-bond acceptors (Lipinski definition) is 2. The Bertz CT molecular complexity index is 923. The number of aromatic amines is 1. The lowest BCUT2D eigenvalue weighted by Crippen LogP contribution is -2.51. The van der Waals surface area contributed by atoms with Gasteiger partial charge in [0.05, 0.1) is 10.9 Å². The van der Waals surface area contributed by atoms with Gasteiger partial charge in [-0.25, -0.2) is 0 Å². The molecule has 4 saturated carbocycles. The zero-order valence-electron chi connectivity index (χ0n) is 16.0. The average molecular weight is 364 g/mol. The molecule has 142 valence electrons. The highest BCUT2D eigenvalue weighted by Crippen LogP contribution is 2.60. The van der Waals surface area contributed by atoms with Crippen molar-refractivity contribution in [2.75, 3.05) is 5.32 Å². The molecule has 4 aliphatic carbocycles. The quantitative estimate of drug-likeness (QED) is 0.830. The number of aromatic nitrogens is 1. The standard InChI is InChI=1S/C23H28N2O2/c1-2-3-17-9-21(26)25-20-10-18(4-5-19(17)20)24-22(27)23-11-14-6-15(12-23)8-16(7-14)13-23/h4-5,9-10,14-16H,2-3,6-8,11-13H2,1H3,(H,24,27)(H,25,26). The van der Waals surface area contributed by atoms with Crippen LogP contribution in [0.4, 0.5) is 5.69 Å². The normalized spacial score (nSPS) is 31.4. The first-order chi connectivity index (χ1) is 13.0. The summed E-state index contributed by atoms with van der Waals surface area (Å²) in [5.41, 5.74) is 2.47. The number of benzene rings is 1. The first kappa shape index (κ1) is 17.0. The highest BCUT2D eigenvalue weighted by Gasteiger charge is 2.54. The fraction of sp³-hybridized carbons (Fsp3) is 0.565. The number of carbonyl (C=O) groups excluding carboxylic acids is 1. The van der Waals surface area contributed by atoms with E-state index in [-0.39, 0.29) is 16.9 Å². The predicted octanol–water partition coefficient (Wildman–Crippen LogP) is 4.64. The molecular weight excluding hydrogens is 336 g/mol. The van der Waals surface area contributed by atoms with Crippen molar-refractivity contribution in [3.05, 3.63) is 40.2 Å². The first-order valence-corrected chi connectivity index (χ1v) is 10.5. The summed E-state index contributed by atoms with van der Waals surface area (Å²) in [6, 6.07) is 7.64. The second-order valence-corrected chi connectivity index (χ2v) is 9.32. The number of pyridine rings is 1. The van der Waals surface area contributed by atoms with E-state index in [2.05, 4.69) is 17.2 Å². The van der Waals surface area contributed by atoms with E-state index < -0.39 is 0 Å². The second kappa shape index (κ2) is 6.22. The molecule has 4 nitrogen and oxygen atoms in total. The van der Waals surface area contributed by atoms with Gasteiger partial charge >= 0.3 is 0 Å². The summed E-state index contributed by atoms with van der Waals surface area (Å²) < 4.78 is 0. The molecule has 2 N–H and O–H groups in total. The van der Waals surface area contributed by atoms with E-state index in [4.69, 9.17) is 0 Å². The predicted molar refractivity (Wildman–Crippen MR) is 108 cm³/mol. The van der Waals surface area contributed by atoms with Gasteiger partial charge in [0, 0.05) is 17.1 Å². The van der Waals surface area contributed by atoms with Crippen molar-refractivity contribution in [2.45, 2.75) is 58.3 Å². The van der Waals surface area contributed by atoms with Crippen LogP contribution in [0, 0.1) is 23.2 Å². The summed E-state index contributed by atoms with van der Waals surface area (Å²) in [4.78, 5) is 28.2. The van der Waals surface area contributed by atoms with E-state index in [1.807, 2.05) is 18.2 Å². The van der Waals surface area contributed by atoms with Crippen LogP contribution in [0.2, 0.25) is 0 Å². The number of H-pyrrole nitrogens is 1. The molecule has 2 aromatic rings. The van der Waals surface area contributed by atoms with Crippen molar-refractivity contribution in [3.8, 4) is 0 Å². The maximum atomic E-state index is 13.3. The summed E-state index contributed by atoms with van der Waals surface area (Å²) in [6.07, 6.45) is 9.10. The number of anilines is 1. The largest absolute Gasteiger partial charge is 0.326 e. The van der Waals surface area contributed by atoms with E-state index in [1.54, 1.807) is 6.07 Å². The van der Waals surface area contributed by atoms with Gasteiger partial charge in [0.2, 0.25) is 11.5 Å². The van der Waals surface area contributed by atoms with Gasteiger partial charge in [-0.3, -0.25) is 9.59 Å². The Morgan fingerprint density at radius 3 is 2.41 bits per heavy atom. The molecule has 0 spiro atoms. The van der Waals surface area contributed by atoms with Gasteiger partial charge in [0.25, 0.3) is 0 Å². The SMILES string of the molecule is CCCc1cc(=O)[nH]c2cc(NC(=O)C34CC5CC(CC(C5)C3)C4)ccc12. The number of fused-ring (bicyclic) bond motifs is 1. The smallest absolute Gasteiger partial charge is 0.248 e. The van der Waals surface area contributed by atoms with E-state index in [0.717, 1.165) is 72.0 Å². The molecule has 6 rings (SSSR count). The summed E-state index contributed by atoms with van der Waals surface area (Å²) in [5.74, 6) is 2.47. The van der Waals surface area contributed by atoms with Gasteiger partial charge in [-0.15, -0.1) is 0 Å². The number of carbonyl (C=O) groups is 1. The van der Waals surface area contributed by atoms with Crippen molar-refractivity contribution >= 4 is 22.5 Å². The summed E-state index contributed by atoms with van der Waals surface area (Å²) in [5, 5.41) is 4.27. The highest BCUT2D eigenvalue weighted by atomic mass is 16.2. The molecule has 0 unspecified atom stereocenters. The van der Waals surface area contributed by atoms with E-state index in [0.29, 0.717) is 0 Å². The maximum absolute atomic E-state index is 13.3. The Labute approximate surface area is 159 Å². The Kier molecular flexibility index (Phi) is 3.92. The van der Waals surface area contributed by atoms with E-state index in [1.165, 1.54) is 19.3 Å². The summed E-state index contributed by atoms with van der Waals surface area (Å²) >= 11 is 0. The average Bonchev–Trinajstić information content (AvgIpc) is 2.60. The molecule has 1 aromatic heterocycles. The minimum absolute atomic E-state index is 0.0736. The molecule has 4 bridgehead atoms. The number of hydrogen-bond donors (Lipinski definition) is 2. The van der Waals surface area contributed by atoms with Crippen LogP contribution in [-0.4, -0.2) is 10.9 Å². The van der Waals surface area contributed by atoms with Crippen LogP contribution in [-0.2, 0) is 11.2 Å². The number of aryl methyl sites for hydroxylation is 1. The second-order valence-electron chi connectivity index (χ2n) is 9.32. The monoisotopic (exact) mass is 364 g/mol. The molecule has 4 fully saturated rings. The lowest BCUT2D eigenvalue weighted by Gasteiger charge is -2.55. The zero-order valence-corrected chi connectivity index (χ0v) is 16.0. The zero-order chi connectivity index (χ0) is 18.6. The molecule has 0 saturated heterocycles. The lowest BCUT2D eigenvalue weighted by molar-refractivity contribution is -0.140. The van der Waals surface area contributed by atoms with E-state index >= 15 is 0 Å². The number of amides is 1. The molecule has 0 aliphatic heterocycles. The summed E-state index contributed by atoms with van der Waals surface area (Å²) in [7, 11) is 0. The van der Waals surface area contributed by atoms with Gasteiger partial charge < -0.3 is 10.3 Å².